The maximum Gasteiger partial charge on any atom is 0.0744 e. The first kappa shape index (κ1) is 13.8. The number of benzene rings is 1. The van der Waals surface area contributed by atoms with Gasteiger partial charge >= 0.3 is 0 Å². The zero-order chi connectivity index (χ0) is 12.8. The summed E-state index contributed by atoms with van der Waals surface area (Å²) in [5.74, 6) is 0. The van der Waals surface area contributed by atoms with Gasteiger partial charge in [-0.3, -0.25) is 0 Å². The highest BCUT2D eigenvalue weighted by atomic mass is 79.9. The van der Waals surface area contributed by atoms with E-state index in [1.807, 2.05) is 0 Å². The van der Waals surface area contributed by atoms with Gasteiger partial charge in [-0.25, -0.2) is 0 Å². The Labute approximate surface area is 117 Å². The molecular formula is C14H21BrN2O. The van der Waals surface area contributed by atoms with Crippen molar-refractivity contribution in [3.63, 3.8) is 0 Å². The van der Waals surface area contributed by atoms with Crippen molar-refractivity contribution in [2.45, 2.75) is 31.9 Å². The molecule has 1 aromatic carbocycles. The van der Waals surface area contributed by atoms with E-state index in [1.54, 1.807) is 7.11 Å². The van der Waals surface area contributed by atoms with Gasteiger partial charge in [0.25, 0.3) is 0 Å². The van der Waals surface area contributed by atoms with Crippen LogP contribution in [0.25, 0.3) is 0 Å². The molecule has 1 atom stereocenters. The third kappa shape index (κ3) is 3.70. The summed E-state index contributed by atoms with van der Waals surface area (Å²) in [4.78, 5) is 0. The molecule has 0 aromatic heterocycles. The highest BCUT2D eigenvalue weighted by Crippen LogP contribution is 2.27. The third-order valence-electron chi connectivity index (χ3n) is 3.34. The van der Waals surface area contributed by atoms with Crippen molar-refractivity contribution in [1.29, 1.82) is 0 Å². The minimum absolute atomic E-state index is 0.560. The number of anilines is 1. The van der Waals surface area contributed by atoms with Gasteiger partial charge in [0.05, 0.1) is 6.61 Å². The summed E-state index contributed by atoms with van der Waals surface area (Å²) < 4.78 is 6.39. The number of hydrogen-bond donors (Lipinski definition) is 2. The lowest BCUT2D eigenvalue weighted by atomic mass is 10.1. The van der Waals surface area contributed by atoms with Gasteiger partial charge in [0.15, 0.2) is 0 Å². The Bertz CT molecular complexity index is 376. The molecular weight excluding hydrogens is 292 g/mol. The van der Waals surface area contributed by atoms with Gasteiger partial charge in [-0.1, -0.05) is 22.0 Å². The van der Waals surface area contributed by atoms with Crippen molar-refractivity contribution in [3.05, 3.63) is 28.2 Å². The monoisotopic (exact) mass is 312 g/mol. The van der Waals surface area contributed by atoms with Crippen molar-refractivity contribution in [1.82, 2.24) is 5.32 Å². The SMILES string of the molecule is COCc1c(Br)cccc1NC1CCCNCC1. The van der Waals surface area contributed by atoms with Crippen LogP contribution in [0.15, 0.2) is 22.7 Å². The molecule has 18 heavy (non-hydrogen) atoms. The predicted molar refractivity (Wildman–Crippen MR) is 79.0 cm³/mol. The summed E-state index contributed by atoms with van der Waals surface area (Å²) >= 11 is 3.60. The van der Waals surface area contributed by atoms with E-state index in [1.165, 1.54) is 30.5 Å². The van der Waals surface area contributed by atoms with E-state index in [9.17, 15) is 0 Å². The van der Waals surface area contributed by atoms with E-state index in [0.29, 0.717) is 12.6 Å². The molecule has 3 nitrogen and oxygen atoms in total. The lowest BCUT2D eigenvalue weighted by Crippen LogP contribution is -2.22. The van der Waals surface area contributed by atoms with E-state index in [2.05, 4.69) is 44.8 Å². The molecule has 0 aliphatic carbocycles. The Hall–Kier alpha value is -0.580. The number of ether oxygens (including phenoxy) is 1. The average molecular weight is 313 g/mol. The van der Waals surface area contributed by atoms with E-state index in [-0.39, 0.29) is 0 Å². The maximum absolute atomic E-state index is 5.28. The molecule has 0 bridgehead atoms. The Morgan fingerprint density at radius 1 is 1.39 bits per heavy atom. The van der Waals surface area contributed by atoms with Crippen LogP contribution in [0.4, 0.5) is 5.69 Å². The molecule has 100 valence electrons. The molecule has 1 unspecified atom stereocenters. The summed E-state index contributed by atoms with van der Waals surface area (Å²) in [7, 11) is 1.73. The summed E-state index contributed by atoms with van der Waals surface area (Å²) in [5.41, 5.74) is 2.40. The van der Waals surface area contributed by atoms with Crippen LogP contribution in [0.1, 0.15) is 24.8 Å². The summed E-state index contributed by atoms with van der Waals surface area (Å²) in [5, 5.41) is 7.11. The first-order valence-corrected chi connectivity index (χ1v) is 7.34. The second-order valence-corrected chi connectivity index (χ2v) is 5.58. The summed E-state index contributed by atoms with van der Waals surface area (Å²) in [6, 6.07) is 6.83. The number of methoxy groups -OCH3 is 1. The van der Waals surface area contributed by atoms with Gasteiger partial charge in [0.1, 0.15) is 0 Å². The van der Waals surface area contributed by atoms with Crippen molar-refractivity contribution in [2.75, 3.05) is 25.5 Å². The smallest absolute Gasteiger partial charge is 0.0744 e. The second kappa shape index (κ2) is 7.12. The maximum atomic E-state index is 5.28. The van der Waals surface area contributed by atoms with Crippen LogP contribution >= 0.6 is 15.9 Å². The van der Waals surface area contributed by atoms with E-state index in [0.717, 1.165) is 17.6 Å². The number of halogens is 1. The highest BCUT2D eigenvalue weighted by Gasteiger charge is 2.14. The zero-order valence-electron chi connectivity index (χ0n) is 10.8. The minimum Gasteiger partial charge on any atom is -0.382 e. The molecule has 4 heteroatoms. The topological polar surface area (TPSA) is 33.3 Å². The van der Waals surface area contributed by atoms with Gasteiger partial charge in [0.2, 0.25) is 0 Å². The van der Waals surface area contributed by atoms with Crippen LogP contribution in [0.2, 0.25) is 0 Å². The van der Waals surface area contributed by atoms with Crippen LogP contribution in [0.5, 0.6) is 0 Å². The van der Waals surface area contributed by atoms with E-state index >= 15 is 0 Å². The normalized spacial score (nSPS) is 20.4. The number of rotatable bonds is 4. The third-order valence-corrected chi connectivity index (χ3v) is 4.09. The van der Waals surface area contributed by atoms with Gasteiger partial charge in [-0.05, 0) is 44.5 Å². The van der Waals surface area contributed by atoms with Gasteiger partial charge in [0, 0.05) is 28.9 Å². The average Bonchev–Trinajstić information content (AvgIpc) is 2.62. The molecule has 2 N–H and O–H groups in total. The zero-order valence-corrected chi connectivity index (χ0v) is 12.4. The summed E-state index contributed by atoms with van der Waals surface area (Å²) in [6.45, 7) is 2.88. The molecule has 1 aliphatic rings. The van der Waals surface area contributed by atoms with Gasteiger partial charge in [-0.15, -0.1) is 0 Å². The minimum atomic E-state index is 0.560. The number of nitrogens with one attached hydrogen (secondary N) is 2. The fourth-order valence-electron chi connectivity index (χ4n) is 2.37. The molecule has 0 amide bonds. The Balaban J connectivity index is 2.09. The largest absolute Gasteiger partial charge is 0.382 e. The predicted octanol–water partition coefficient (Wildman–Crippen LogP) is 3.15. The molecule has 0 radical (unpaired) electrons. The molecule has 1 saturated heterocycles. The fourth-order valence-corrected chi connectivity index (χ4v) is 2.85. The molecule has 0 saturated carbocycles. The molecule has 0 spiro atoms. The molecule has 2 rings (SSSR count). The molecule has 1 fully saturated rings. The van der Waals surface area contributed by atoms with Crippen molar-refractivity contribution >= 4 is 21.6 Å². The first-order valence-electron chi connectivity index (χ1n) is 6.55. The van der Waals surface area contributed by atoms with Crippen LogP contribution in [0.3, 0.4) is 0 Å². The van der Waals surface area contributed by atoms with Crippen molar-refractivity contribution in [3.8, 4) is 0 Å². The summed E-state index contributed by atoms with van der Waals surface area (Å²) in [6.07, 6.45) is 3.65. The second-order valence-electron chi connectivity index (χ2n) is 4.72. The van der Waals surface area contributed by atoms with Crippen LogP contribution in [-0.2, 0) is 11.3 Å². The highest BCUT2D eigenvalue weighted by molar-refractivity contribution is 9.10. The first-order chi connectivity index (χ1) is 8.81. The van der Waals surface area contributed by atoms with E-state index < -0.39 is 0 Å². The van der Waals surface area contributed by atoms with Gasteiger partial charge < -0.3 is 15.4 Å². The van der Waals surface area contributed by atoms with Crippen LogP contribution < -0.4 is 10.6 Å². The Morgan fingerprint density at radius 2 is 2.28 bits per heavy atom. The van der Waals surface area contributed by atoms with Crippen LogP contribution in [-0.4, -0.2) is 26.2 Å². The van der Waals surface area contributed by atoms with E-state index in [4.69, 9.17) is 4.74 Å². The quantitative estimate of drug-likeness (QED) is 0.896. The fraction of sp³-hybridized carbons (Fsp3) is 0.571. The molecule has 1 aliphatic heterocycles. The lowest BCUT2D eigenvalue weighted by molar-refractivity contribution is 0.185. The Morgan fingerprint density at radius 3 is 3.11 bits per heavy atom. The van der Waals surface area contributed by atoms with Crippen molar-refractivity contribution < 1.29 is 4.74 Å². The van der Waals surface area contributed by atoms with Crippen molar-refractivity contribution in [2.24, 2.45) is 0 Å². The van der Waals surface area contributed by atoms with Crippen LogP contribution in [0, 0.1) is 0 Å². The van der Waals surface area contributed by atoms with Gasteiger partial charge in [-0.2, -0.15) is 0 Å². The standard InChI is InChI=1S/C14H21BrN2O/c1-18-10-12-13(15)5-2-6-14(12)17-11-4-3-8-16-9-7-11/h2,5-6,11,16-17H,3-4,7-10H2,1H3. The molecule has 1 aromatic rings. The lowest BCUT2D eigenvalue weighted by Gasteiger charge is -2.20. The number of hydrogen-bond acceptors (Lipinski definition) is 3. The Kier molecular flexibility index (Phi) is 5.47. The molecule has 1 heterocycles.